The summed E-state index contributed by atoms with van der Waals surface area (Å²) >= 11 is 6.33. The molecule has 1 aliphatic carbocycles. The van der Waals surface area contributed by atoms with Gasteiger partial charge in [-0.15, -0.1) is 11.6 Å². The van der Waals surface area contributed by atoms with Gasteiger partial charge in [0.15, 0.2) is 0 Å². The van der Waals surface area contributed by atoms with Crippen molar-refractivity contribution in [1.82, 2.24) is 0 Å². The van der Waals surface area contributed by atoms with Gasteiger partial charge in [0.1, 0.15) is 5.75 Å². The number of phenols is 1. The molecule has 1 nitrogen and oxygen atoms in total. The van der Waals surface area contributed by atoms with Gasteiger partial charge in [0.05, 0.1) is 0 Å². The van der Waals surface area contributed by atoms with Gasteiger partial charge in [0.2, 0.25) is 0 Å². The molecule has 0 aromatic heterocycles. The first-order valence-corrected chi connectivity index (χ1v) is 8.22. The van der Waals surface area contributed by atoms with Crippen molar-refractivity contribution in [3.8, 4) is 5.75 Å². The maximum absolute atomic E-state index is 9.38. The highest BCUT2D eigenvalue weighted by Crippen LogP contribution is 2.47. The minimum Gasteiger partial charge on any atom is -0.508 e. The zero-order chi connectivity index (χ0) is 14.8. The van der Waals surface area contributed by atoms with Crippen molar-refractivity contribution in [3.63, 3.8) is 0 Å². The van der Waals surface area contributed by atoms with Gasteiger partial charge in [-0.1, -0.05) is 32.9 Å². The number of halogens is 1. The summed E-state index contributed by atoms with van der Waals surface area (Å²) in [5, 5.41) is 9.38. The van der Waals surface area contributed by atoms with Gasteiger partial charge in [0.25, 0.3) is 0 Å². The lowest BCUT2D eigenvalue weighted by atomic mass is 9.63. The lowest BCUT2D eigenvalue weighted by Crippen LogP contribution is -2.35. The predicted octanol–water partition coefficient (Wildman–Crippen LogP) is 5.40. The van der Waals surface area contributed by atoms with E-state index in [1.807, 2.05) is 12.1 Å². The summed E-state index contributed by atoms with van der Waals surface area (Å²) in [5.74, 6) is 1.90. The second-order valence-corrected chi connectivity index (χ2v) is 7.88. The summed E-state index contributed by atoms with van der Waals surface area (Å²) in [6.45, 7) is 7.06. The van der Waals surface area contributed by atoms with E-state index in [4.69, 9.17) is 11.6 Å². The summed E-state index contributed by atoms with van der Waals surface area (Å²) in [6, 6.07) is 7.61. The molecule has 0 amide bonds. The first-order valence-electron chi connectivity index (χ1n) is 7.69. The lowest BCUT2D eigenvalue weighted by Gasteiger charge is -2.43. The Morgan fingerprint density at radius 1 is 1.15 bits per heavy atom. The molecule has 0 spiro atoms. The number of rotatable bonds is 3. The van der Waals surface area contributed by atoms with Crippen molar-refractivity contribution >= 4 is 11.6 Å². The van der Waals surface area contributed by atoms with E-state index in [0.29, 0.717) is 11.2 Å². The fourth-order valence-corrected chi connectivity index (χ4v) is 3.86. The summed E-state index contributed by atoms with van der Waals surface area (Å²) in [4.78, 5) is 0. The zero-order valence-corrected chi connectivity index (χ0v) is 13.7. The van der Waals surface area contributed by atoms with Crippen LogP contribution in [0.2, 0.25) is 0 Å². The summed E-state index contributed by atoms with van der Waals surface area (Å²) in [7, 11) is 0. The Balaban J connectivity index is 2.03. The highest BCUT2D eigenvalue weighted by Gasteiger charge is 2.38. The zero-order valence-electron chi connectivity index (χ0n) is 13.0. The number of hydrogen-bond donors (Lipinski definition) is 1. The number of hydrogen-bond acceptors (Lipinski definition) is 1. The molecule has 0 unspecified atom stereocenters. The molecule has 1 fully saturated rings. The molecule has 0 radical (unpaired) electrons. The molecule has 0 heterocycles. The molecule has 0 aliphatic heterocycles. The molecule has 1 aromatic carbocycles. The van der Waals surface area contributed by atoms with Crippen LogP contribution in [0, 0.1) is 16.7 Å². The topological polar surface area (TPSA) is 20.2 Å². The van der Waals surface area contributed by atoms with Crippen LogP contribution in [-0.4, -0.2) is 11.0 Å². The molecular formula is C18H27ClO. The highest BCUT2D eigenvalue weighted by atomic mass is 35.5. The Labute approximate surface area is 128 Å². The van der Waals surface area contributed by atoms with E-state index in [1.165, 1.54) is 31.2 Å². The monoisotopic (exact) mass is 294 g/mol. The van der Waals surface area contributed by atoms with E-state index >= 15 is 0 Å². The Morgan fingerprint density at radius 2 is 1.70 bits per heavy atom. The second-order valence-electron chi connectivity index (χ2n) is 7.62. The van der Waals surface area contributed by atoms with Crippen molar-refractivity contribution < 1.29 is 5.11 Å². The van der Waals surface area contributed by atoms with Crippen LogP contribution < -0.4 is 0 Å². The van der Waals surface area contributed by atoms with Crippen molar-refractivity contribution in [2.75, 3.05) is 5.88 Å². The minimum absolute atomic E-state index is 0.250. The SMILES string of the molecule is CC(C)(C)C1CCC(CCl)(Cc2ccc(O)cc2)CC1. The van der Waals surface area contributed by atoms with Crippen molar-refractivity contribution in [1.29, 1.82) is 0 Å². The van der Waals surface area contributed by atoms with E-state index < -0.39 is 0 Å². The molecule has 112 valence electrons. The molecular weight excluding hydrogens is 268 g/mol. The quantitative estimate of drug-likeness (QED) is 0.740. The van der Waals surface area contributed by atoms with Crippen molar-refractivity contribution in [2.24, 2.45) is 16.7 Å². The molecule has 2 heteroatoms. The number of alkyl halides is 1. The maximum atomic E-state index is 9.38. The first kappa shape index (κ1) is 15.7. The predicted molar refractivity (Wildman–Crippen MR) is 86.4 cm³/mol. The molecule has 0 saturated heterocycles. The van der Waals surface area contributed by atoms with Gasteiger partial charge in [-0.3, -0.25) is 0 Å². The van der Waals surface area contributed by atoms with E-state index in [2.05, 4.69) is 20.8 Å². The van der Waals surface area contributed by atoms with Gasteiger partial charge >= 0.3 is 0 Å². The summed E-state index contributed by atoms with van der Waals surface area (Å²) in [6.07, 6.45) is 6.05. The molecule has 1 saturated carbocycles. The molecule has 0 atom stereocenters. The molecule has 20 heavy (non-hydrogen) atoms. The number of phenolic OH excluding ortho intramolecular Hbond substituents is 1. The van der Waals surface area contributed by atoms with Gasteiger partial charge in [-0.25, -0.2) is 0 Å². The third-order valence-corrected chi connectivity index (χ3v) is 5.64. The maximum Gasteiger partial charge on any atom is 0.115 e. The van der Waals surface area contributed by atoms with Crippen LogP contribution in [0.1, 0.15) is 52.0 Å². The Hall–Kier alpha value is -0.690. The van der Waals surface area contributed by atoms with Gasteiger partial charge in [-0.05, 0) is 66.5 Å². The smallest absolute Gasteiger partial charge is 0.115 e. The molecule has 1 aliphatic rings. The molecule has 0 bridgehead atoms. The third kappa shape index (κ3) is 3.69. The Morgan fingerprint density at radius 3 is 2.15 bits per heavy atom. The van der Waals surface area contributed by atoms with E-state index in [-0.39, 0.29) is 5.41 Å². The second kappa shape index (κ2) is 5.97. The third-order valence-electron chi connectivity index (χ3n) is 5.07. The number of benzene rings is 1. The Kier molecular flexibility index (Phi) is 4.69. The van der Waals surface area contributed by atoms with Crippen LogP contribution in [0.25, 0.3) is 0 Å². The van der Waals surface area contributed by atoms with Crippen molar-refractivity contribution in [3.05, 3.63) is 29.8 Å². The average Bonchev–Trinajstić information content (AvgIpc) is 2.41. The van der Waals surface area contributed by atoms with E-state index in [9.17, 15) is 5.11 Å². The molecule has 1 aromatic rings. The van der Waals surface area contributed by atoms with Gasteiger partial charge in [0, 0.05) is 5.88 Å². The Bertz CT molecular complexity index is 422. The lowest BCUT2D eigenvalue weighted by molar-refractivity contribution is 0.102. The summed E-state index contributed by atoms with van der Waals surface area (Å²) < 4.78 is 0. The van der Waals surface area contributed by atoms with E-state index in [0.717, 1.165) is 18.2 Å². The first-order chi connectivity index (χ1) is 9.35. The molecule has 2 rings (SSSR count). The van der Waals surface area contributed by atoms with Gasteiger partial charge < -0.3 is 5.11 Å². The summed E-state index contributed by atoms with van der Waals surface area (Å²) in [5.41, 5.74) is 1.95. The van der Waals surface area contributed by atoms with Crippen LogP contribution >= 0.6 is 11.6 Å². The number of aromatic hydroxyl groups is 1. The average molecular weight is 295 g/mol. The standard InChI is InChI=1S/C18H27ClO/c1-17(2,3)15-8-10-18(13-19,11-9-15)12-14-4-6-16(20)7-5-14/h4-7,15,20H,8-13H2,1-3H3. The van der Waals surface area contributed by atoms with Crippen LogP contribution in [0.3, 0.4) is 0 Å². The normalized spacial score (nSPS) is 27.5. The highest BCUT2D eigenvalue weighted by molar-refractivity contribution is 6.18. The largest absolute Gasteiger partial charge is 0.508 e. The van der Waals surface area contributed by atoms with Crippen LogP contribution in [0.4, 0.5) is 0 Å². The van der Waals surface area contributed by atoms with Crippen molar-refractivity contribution in [2.45, 2.75) is 52.9 Å². The minimum atomic E-state index is 0.250. The fraction of sp³-hybridized carbons (Fsp3) is 0.667. The van der Waals surface area contributed by atoms with E-state index in [1.54, 1.807) is 12.1 Å². The van der Waals surface area contributed by atoms with Gasteiger partial charge in [-0.2, -0.15) is 0 Å². The van der Waals surface area contributed by atoms with Crippen LogP contribution in [0.5, 0.6) is 5.75 Å². The van der Waals surface area contributed by atoms with Crippen LogP contribution in [0.15, 0.2) is 24.3 Å². The fourth-order valence-electron chi connectivity index (χ4n) is 3.50. The van der Waals surface area contributed by atoms with Crippen LogP contribution in [-0.2, 0) is 6.42 Å². The molecule has 1 N–H and O–H groups in total.